The number of benzene rings is 1. The van der Waals surface area contributed by atoms with Gasteiger partial charge in [0.1, 0.15) is 5.75 Å². The fourth-order valence-corrected chi connectivity index (χ4v) is 2.26. The standard InChI is InChI=1S/C11H12N4OS/c1-2-9-6-8(3-4-10(9)16-5-1)7-12-11-13-14-15-17-11/h3-4,6H,1-2,5,7H2,(H,12,13,15). The van der Waals surface area contributed by atoms with E-state index in [1.807, 2.05) is 6.07 Å². The second kappa shape index (κ2) is 4.67. The molecule has 0 saturated carbocycles. The SMILES string of the molecule is c1cc2c(cc1CNc1nnns1)CCCO2. The van der Waals surface area contributed by atoms with Crippen LogP contribution in [0.5, 0.6) is 5.75 Å². The van der Waals surface area contributed by atoms with Crippen molar-refractivity contribution in [2.45, 2.75) is 19.4 Å². The molecule has 1 aromatic carbocycles. The summed E-state index contributed by atoms with van der Waals surface area (Å²) in [5.74, 6) is 1.03. The molecular weight excluding hydrogens is 236 g/mol. The summed E-state index contributed by atoms with van der Waals surface area (Å²) < 4.78 is 9.28. The topological polar surface area (TPSA) is 59.9 Å². The minimum atomic E-state index is 0.740. The number of hydrogen-bond acceptors (Lipinski definition) is 6. The van der Waals surface area contributed by atoms with Crippen LogP contribution in [0.1, 0.15) is 17.5 Å². The fraction of sp³-hybridized carbons (Fsp3) is 0.364. The van der Waals surface area contributed by atoms with Gasteiger partial charge in [-0.3, -0.25) is 0 Å². The Morgan fingerprint density at radius 2 is 2.41 bits per heavy atom. The molecule has 0 atom stereocenters. The Morgan fingerprint density at radius 1 is 1.41 bits per heavy atom. The quantitative estimate of drug-likeness (QED) is 0.898. The largest absolute Gasteiger partial charge is 0.493 e. The lowest BCUT2D eigenvalue weighted by molar-refractivity contribution is 0.288. The summed E-state index contributed by atoms with van der Waals surface area (Å²) in [6, 6.07) is 6.31. The first kappa shape index (κ1) is 10.5. The van der Waals surface area contributed by atoms with E-state index < -0.39 is 0 Å². The molecule has 0 radical (unpaired) electrons. The van der Waals surface area contributed by atoms with E-state index in [1.54, 1.807) is 0 Å². The van der Waals surface area contributed by atoms with Crippen molar-refractivity contribution in [2.75, 3.05) is 11.9 Å². The van der Waals surface area contributed by atoms with Gasteiger partial charge in [-0.2, -0.15) is 0 Å². The molecule has 0 aliphatic carbocycles. The lowest BCUT2D eigenvalue weighted by atomic mass is 10.0. The Bertz CT molecular complexity index is 500. The molecule has 2 heterocycles. The molecule has 5 nitrogen and oxygen atoms in total. The van der Waals surface area contributed by atoms with Crippen molar-refractivity contribution in [3.05, 3.63) is 29.3 Å². The van der Waals surface area contributed by atoms with Crippen molar-refractivity contribution >= 4 is 16.7 Å². The number of fused-ring (bicyclic) bond motifs is 1. The van der Waals surface area contributed by atoms with E-state index in [4.69, 9.17) is 4.74 Å². The first-order valence-electron chi connectivity index (χ1n) is 5.55. The van der Waals surface area contributed by atoms with Gasteiger partial charge in [-0.05, 0) is 35.2 Å². The maximum Gasteiger partial charge on any atom is 0.225 e. The number of anilines is 1. The molecule has 1 aliphatic rings. The summed E-state index contributed by atoms with van der Waals surface area (Å²) >= 11 is 1.26. The summed E-state index contributed by atoms with van der Waals surface area (Å²) in [7, 11) is 0. The average molecular weight is 248 g/mol. The summed E-state index contributed by atoms with van der Waals surface area (Å²) in [5, 5.41) is 11.3. The van der Waals surface area contributed by atoms with E-state index in [2.05, 4.69) is 32.2 Å². The zero-order valence-electron chi connectivity index (χ0n) is 9.22. The highest BCUT2D eigenvalue weighted by molar-refractivity contribution is 7.09. The minimum Gasteiger partial charge on any atom is -0.493 e. The van der Waals surface area contributed by atoms with Gasteiger partial charge in [0, 0.05) is 18.1 Å². The zero-order valence-corrected chi connectivity index (χ0v) is 10.0. The Balaban J connectivity index is 1.71. The predicted octanol–water partition coefficient (Wildman–Crippen LogP) is 1.87. The highest BCUT2D eigenvalue weighted by atomic mass is 32.1. The van der Waals surface area contributed by atoms with Crippen molar-refractivity contribution in [3.63, 3.8) is 0 Å². The van der Waals surface area contributed by atoms with Gasteiger partial charge in [0.15, 0.2) is 0 Å². The maximum atomic E-state index is 5.58. The zero-order chi connectivity index (χ0) is 11.5. The molecule has 0 fully saturated rings. The molecule has 88 valence electrons. The van der Waals surface area contributed by atoms with Gasteiger partial charge in [0.2, 0.25) is 5.13 Å². The summed E-state index contributed by atoms with van der Waals surface area (Å²) in [5.41, 5.74) is 2.52. The Morgan fingerprint density at radius 3 is 3.29 bits per heavy atom. The molecular formula is C11H12N4OS. The molecule has 0 bridgehead atoms. The number of nitrogens with one attached hydrogen (secondary N) is 1. The van der Waals surface area contributed by atoms with Crippen LogP contribution < -0.4 is 10.1 Å². The molecule has 1 aromatic heterocycles. The van der Waals surface area contributed by atoms with Crippen LogP contribution in [0.4, 0.5) is 5.13 Å². The number of aromatic nitrogens is 3. The van der Waals surface area contributed by atoms with Gasteiger partial charge in [-0.15, -0.1) is 0 Å². The van der Waals surface area contributed by atoms with E-state index in [-0.39, 0.29) is 0 Å². The second-order valence-corrected chi connectivity index (χ2v) is 4.65. The van der Waals surface area contributed by atoms with Crippen molar-refractivity contribution in [3.8, 4) is 5.75 Å². The predicted molar refractivity (Wildman–Crippen MR) is 65.3 cm³/mol. The van der Waals surface area contributed by atoms with Crippen LogP contribution in [0, 0.1) is 0 Å². The Hall–Kier alpha value is -1.69. The minimum absolute atomic E-state index is 0.740. The Kier molecular flexibility index (Phi) is 2.87. The monoisotopic (exact) mass is 248 g/mol. The van der Waals surface area contributed by atoms with Crippen LogP contribution in [0.2, 0.25) is 0 Å². The maximum absolute atomic E-state index is 5.58. The highest BCUT2D eigenvalue weighted by Crippen LogP contribution is 2.25. The molecule has 0 amide bonds. The fourth-order valence-electron chi connectivity index (χ4n) is 1.90. The third-order valence-corrected chi connectivity index (χ3v) is 3.27. The summed E-state index contributed by atoms with van der Waals surface area (Å²) in [6.07, 6.45) is 2.20. The molecule has 6 heteroatoms. The van der Waals surface area contributed by atoms with Gasteiger partial charge in [-0.1, -0.05) is 21.7 Å². The van der Waals surface area contributed by atoms with Crippen molar-refractivity contribution < 1.29 is 4.74 Å². The first-order chi connectivity index (χ1) is 8.42. The second-order valence-electron chi connectivity index (χ2n) is 3.92. The van der Waals surface area contributed by atoms with Crippen LogP contribution >= 0.6 is 11.5 Å². The first-order valence-corrected chi connectivity index (χ1v) is 6.33. The lowest BCUT2D eigenvalue weighted by Crippen LogP contribution is -2.09. The van der Waals surface area contributed by atoms with Gasteiger partial charge in [0.25, 0.3) is 0 Å². The van der Waals surface area contributed by atoms with Crippen LogP contribution in [-0.4, -0.2) is 21.4 Å². The van der Waals surface area contributed by atoms with Crippen molar-refractivity contribution in [2.24, 2.45) is 0 Å². The van der Waals surface area contributed by atoms with Crippen LogP contribution in [-0.2, 0) is 13.0 Å². The van der Waals surface area contributed by atoms with E-state index in [0.717, 1.165) is 36.9 Å². The number of ether oxygens (including phenoxy) is 1. The normalized spacial score (nSPS) is 13.9. The molecule has 1 N–H and O–H groups in total. The van der Waals surface area contributed by atoms with Crippen LogP contribution in [0.25, 0.3) is 0 Å². The Labute approximate surface area is 103 Å². The van der Waals surface area contributed by atoms with Gasteiger partial charge in [-0.25, -0.2) is 0 Å². The molecule has 0 saturated heterocycles. The number of nitrogens with zero attached hydrogens (tertiary/aromatic N) is 3. The third-order valence-electron chi connectivity index (χ3n) is 2.72. The molecule has 1 aliphatic heterocycles. The molecule has 0 spiro atoms. The molecule has 0 unspecified atom stereocenters. The van der Waals surface area contributed by atoms with Crippen LogP contribution in [0.15, 0.2) is 18.2 Å². The lowest BCUT2D eigenvalue weighted by Gasteiger charge is -2.17. The van der Waals surface area contributed by atoms with Gasteiger partial charge in [0.05, 0.1) is 6.61 Å². The van der Waals surface area contributed by atoms with E-state index in [9.17, 15) is 0 Å². The van der Waals surface area contributed by atoms with Gasteiger partial charge < -0.3 is 10.1 Å². The average Bonchev–Trinajstić information content (AvgIpc) is 2.89. The smallest absolute Gasteiger partial charge is 0.225 e. The van der Waals surface area contributed by atoms with E-state index in [1.165, 1.54) is 22.7 Å². The number of aryl methyl sites for hydroxylation is 1. The summed E-state index contributed by atoms with van der Waals surface area (Å²) in [6.45, 7) is 1.57. The molecule has 17 heavy (non-hydrogen) atoms. The number of rotatable bonds is 3. The van der Waals surface area contributed by atoms with Gasteiger partial charge >= 0.3 is 0 Å². The number of hydrogen-bond donors (Lipinski definition) is 1. The van der Waals surface area contributed by atoms with E-state index in [0.29, 0.717) is 0 Å². The molecule has 2 aromatic rings. The summed E-state index contributed by atoms with van der Waals surface area (Å²) in [4.78, 5) is 0. The molecule has 3 rings (SSSR count). The third kappa shape index (κ3) is 2.36. The van der Waals surface area contributed by atoms with Crippen molar-refractivity contribution in [1.82, 2.24) is 14.8 Å². The van der Waals surface area contributed by atoms with Crippen LogP contribution in [0.3, 0.4) is 0 Å². The van der Waals surface area contributed by atoms with Crippen molar-refractivity contribution in [1.29, 1.82) is 0 Å². The highest BCUT2D eigenvalue weighted by Gasteiger charge is 2.10. The van der Waals surface area contributed by atoms with E-state index >= 15 is 0 Å².